The monoisotopic (exact) mass is 423 g/mol. The van der Waals surface area contributed by atoms with Crippen molar-refractivity contribution in [2.24, 2.45) is 5.92 Å². The maximum absolute atomic E-state index is 13.3. The molecule has 0 aromatic heterocycles. The minimum atomic E-state index is -0.360. The molecule has 1 N–H and O–H groups in total. The Bertz CT molecular complexity index is 934. The van der Waals surface area contributed by atoms with Gasteiger partial charge in [0.1, 0.15) is 5.82 Å². The number of hydrogen-bond acceptors (Lipinski definition) is 3. The van der Waals surface area contributed by atoms with E-state index in [1.807, 2.05) is 35.2 Å². The lowest BCUT2D eigenvalue weighted by Gasteiger charge is -2.45. The van der Waals surface area contributed by atoms with E-state index in [0.29, 0.717) is 13.1 Å². The molecule has 2 aromatic carbocycles. The van der Waals surface area contributed by atoms with Gasteiger partial charge < -0.3 is 10.2 Å². The van der Waals surface area contributed by atoms with Gasteiger partial charge >= 0.3 is 0 Å². The first-order chi connectivity index (χ1) is 14.9. The van der Waals surface area contributed by atoms with E-state index >= 15 is 0 Å². The third-order valence-electron chi connectivity index (χ3n) is 6.83. The average Bonchev–Trinajstić information content (AvgIpc) is 3.06. The van der Waals surface area contributed by atoms with E-state index in [0.717, 1.165) is 31.5 Å². The molecule has 0 spiro atoms. The summed E-state index contributed by atoms with van der Waals surface area (Å²) in [5.74, 6) is -0.0850. The standard InChI is InChI=1S/C25H30FN3O2/c1-18(30)27-25-13-15-28(19(2)31)16-23(25)24(21-6-4-3-5-7-21)29(17-25)14-12-20-8-10-22(26)11-9-20/h3-11,23-24H,12-17H2,1-2H3,(H,27,30)/t23-,24-,25-/m1/s1. The predicted molar refractivity (Wildman–Crippen MR) is 118 cm³/mol. The molecule has 2 amide bonds. The number of benzene rings is 2. The smallest absolute Gasteiger partial charge is 0.219 e. The van der Waals surface area contributed by atoms with E-state index in [-0.39, 0.29) is 35.1 Å². The number of nitrogens with zero attached hydrogens (tertiary/aromatic N) is 2. The van der Waals surface area contributed by atoms with Crippen LogP contribution in [0.15, 0.2) is 54.6 Å². The average molecular weight is 424 g/mol. The zero-order valence-corrected chi connectivity index (χ0v) is 18.2. The van der Waals surface area contributed by atoms with Crippen molar-refractivity contribution in [1.29, 1.82) is 0 Å². The molecule has 0 saturated carbocycles. The van der Waals surface area contributed by atoms with Crippen molar-refractivity contribution in [3.63, 3.8) is 0 Å². The number of rotatable bonds is 5. The first kappa shape index (κ1) is 21.5. The van der Waals surface area contributed by atoms with Crippen LogP contribution in [-0.2, 0) is 16.0 Å². The Balaban J connectivity index is 1.66. The van der Waals surface area contributed by atoms with Gasteiger partial charge in [0, 0.05) is 52.0 Å². The number of halogens is 1. The highest BCUT2D eigenvalue weighted by atomic mass is 19.1. The zero-order chi connectivity index (χ0) is 22.0. The molecule has 2 fully saturated rings. The molecule has 2 saturated heterocycles. The lowest BCUT2D eigenvalue weighted by atomic mass is 9.75. The largest absolute Gasteiger partial charge is 0.349 e. The Labute approximate surface area is 183 Å². The summed E-state index contributed by atoms with van der Waals surface area (Å²) < 4.78 is 13.3. The van der Waals surface area contributed by atoms with Crippen LogP contribution in [0.4, 0.5) is 4.39 Å². The van der Waals surface area contributed by atoms with Gasteiger partial charge in [0.15, 0.2) is 0 Å². The van der Waals surface area contributed by atoms with Crippen LogP contribution in [0.3, 0.4) is 0 Å². The summed E-state index contributed by atoms with van der Waals surface area (Å²) in [5.41, 5.74) is 1.92. The zero-order valence-electron chi connectivity index (χ0n) is 18.2. The van der Waals surface area contributed by atoms with Crippen molar-refractivity contribution >= 4 is 11.8 Å². The van der Waals surface area contributed by atoms with E-state index in [1.165, 1.54) is 17.7 Å². The summed E-state index contributed by atoms with van der Waals surface area (Å²) in [6.45, 7) is 6.00. The van der Waals surface area contributed by atoms with Gasteiger partial charge in [-0.2, -0.15) is 0 Å². The minimum absolute atomic E-state index is 0.0338. The molecule has 2 aromatic rings. The van der Waals surface area contributed by atoms with Gasteiger partial charge in [-0.05, 0) is 36.1 Å². The second-order valence-corrected chi connectivity index (χ2v) is 8.86. The summed E-state index contributed by atoms with van der Waals surface area (Å²) in [5, 5.41) is 3.28. The van der Waals surface area contributed by atoms with Crippen molar-refractivity contribution in [2.45, 2.75) is 38.3 Å². The van der Waals surface area contributed by atoms with E-state index < -0.39 is 0 Å². The number of fused-ring (bicyclic) bond motifs is 1. The fraction of sp³-hybridized carbons (Fsp3) is 0.440. The van der Waals surface area contributed by atoms with E-state index in [9.17, 15) is 14.0 Å². The molecule has 3 atom stereocenters. The molecule has 0 bridgehead atoms. The van der Waals surface area contributed by atoms with Crippen LogP contribution in [0.25, 0.3) is 0 Å². The van der Waals surface area contributed by atoms with E-state index in [4.69, 9.17) is 0 Å². The fourth-order valence-electron chi connectivity index (χ4n) is 5.40. The number of hydrogen-bond donors (Lipinski definition) is 1. The van der Waals surface area contributed by atoms with Crippen molar-refractivity contribution in [3.8, 4) is 0 Å². The molecule has 0 aliphatic carbocycles. The molecule has 164 valence electrons. The Kier molecular flexibility index (Phi) is 6.10. The third-order valence-corrected chi connectivity index (χ3v) is 6.83. The Hall–Kier alpha value is -2.73. The third kappa shape index (κ3) is 4.49. The first-order valence-corrected chi connectivity index (χ1v) is 11.0. The van der Waals surface area contributed by atoms with Gasteiger partial charge in [-0.3, -0.25) is 14.5 Å². The molecule has 2 heterocycles. The molecule has 4 rings (SSSR count). The number of nitrogens with one attached hydrogen (secondary N) is 1. The summed E-state index contributed by atoms with van der Waals surface area (Å²) in [6.07, 6.45) is 1.54. The summed E-state index contributed by atoms with van der Waals surface area (Å²) >= 11 is 0. The molecule has 5 nitrogen and oxygen atoms in total. The van der Waals surface area contributed by atoms with Crippen LogP contribution in [0.5, 0.6) is 0 Å². The highest BCUT2D eigenvalue weighted by Gasteiger charge is 2.55. The van der Waals surface area contributed by atoms with Crippen LogP contribution < -0.4 is 5.32 Å². The van der Waals surface area contributed by atoms with E-state index in [1.54, 1.807) is 13.8 Å². The lowest BCUT2D eigenvalue weighted by Crippen LogP contribution is -2.61. The van der Waals surface area contributed by atoms with Gasteiger partial charge in [-0.1, -0.05) is 42.5 Å². The number of piperidine rings is 1. The molecule has 31 heavy (non-hydrogen) atoms. The second kappa shape index (κ2) is 8.79. The molecule has 0 unspecified atom stereocenters. The Morgan fingerprint density at radius 3 is 2.45 bits per heavy atom. The van der Waals surface area contributed by atoms with E-state index in [2.05, 4.69) is 22.3 Å². The maximum atomic E-state index is 13.3. The predicted octanol–water partition coefficient (Wildman–Crippen LogP) is 3.17. The van der Waals surface area contributed by atoms with Crippen LogP contribution in [0.1, 0.15) is 37.4 Å². The molecular weight excluding hydrogens is 393 g/mol. The quantitative estimate of drug-likeness (QED) is 0.804. The molecule has 2 aliphatic heterocycles. The highest BCUT2D eigenvalue weighted by Crippen LogP contribution is 2.47. The topological polar surface area (TPSA) is 52.7 Å². The van der Waals surface area contributed by atoms with Crippen molar-refractivity contribution in [3.05, 3.63) is 71.5 Å². The van der Waals surface area contributed by atoms with Gasteiger partial charge in [-0.15, -0.1) is 0 Å². The van der Waals surface area contributed by atoms with Crippen LogP contribution in [-0.4, -0.2) is 53.3 Å². The van der Waals surface area contributed by atoms with Gasteiger partial charge in [-0.25, -0.2) is 4.39 Å². The van der Waals surface area contributed by atoms with Crippen LogP contribution >= 0.6 is 0 Å². The minimum Gasteiger partial charge on any atom is -0.349 e. The lowest BCUT2D eigenvalue weighted by molar-refractivity contribution is -0.132. The van der Waals surface area contributed by atoms with Crippen molar-refractivity contribution in [1.82, 2.24) is 15.1 Å². The SMILES string of the molecule is CC(=O)N[C@@]12CCN(C(C)=O)C[C@@H]1[C@@H](c1ccccc1)N(CCc1ccc(F)cc1)C2. The normalized spacial score (nSPS) is 25.8. The Morgan fingerprint density at radius 1 is 1.10 bits per heavy atom. The van der Waals surface area contributed by atoms with Gasteiger partial charge in [0.2, 0.25) is 11.8 Å². The van der Waals surface area contributed by atoms with Gasteiger partial charge in [0.25, 0.3) is 0 Å². The summed E-state index contributed by atoms with van der Waals surface area (Å²) in [7, 11) is 0. The van der Waals surface area contributed by atoms with Crippen molar-refractivity contribution in [2.75, 3.05) is 26.2 Å². The molecule has 6 heteroatoms. The number of carbonyl (C=O) groups is 2. The molecule has 0 radical (unpaired) electrons. The van der Waals surface area contributed by atoms with Crippen molar-refractivity contribution < 1.29 is 14.0 Å². The number of carbonyl (C=O) groups excluding carboxylic acids is 2. The number of amides is 2. The Morgan fingerprint density at radius 2 is 1.81 bits per heavy atom. The number of likely N-dealkylation sites (tertiary alicyclic amines) is 2. The van der Waals surface area contributed by atoms with Gasteiger partial charge in [0.05, 0.1) is 5.54 Å². The first-order valence-electron chi connectivity index (χ1n) is 11.0. The maximum Gasteiger partial charge on any atom is 0.219 e. The molecule has 2 aliphatic rings. The summed E-state index contributed by atoms with van der Waals surface area (Å²) in [6, 6.07) is 17.1. The van der Waals surface area contributed by atoms with Crippen LogP contribution in [0.2, 0.25) is 0 Å². The highest BCUT2D eigenvalue weighted by molar-refractivity contribution is 5.75. The fourth-order valence-corrected chi connectivity index (χ4v) is 5.40. The molecular formula is C25H30FN3O2. The summed E-state index contributed by atoms with van der Waals surface area (Å²) in [4.78, 5) is 28.7. The second-order valence-electron chi connectivity index (χ2n) is 8.86. The van der Waals surface area contributed by atoms with Crippen LogP contribution in [0, 0.1) is 11.7 Å².